The van der Waals surface area contributed by atoms with Crippen molar-refractivity contribution < 1.29 is 23.4 Å². The number of hydrogen-bond acceptors (Lipinski definition) is 8. The first kappa shape index (κ1) is 20.0. The van der Waals surface area contributed by atoms with E-state index in [0.717, 1.165) is 5.39 Å². The van der Waals surface area contributed by atoms with Crippen molar-refractivity contribution in [3.63, 3.8) is 0 Å². The van der Waals surface area contributed by atoms with E-state index in [1.54, 1.807) is 49.6 Å². The number of aromatic amines is 1. The van der Waals surface area contributed by atoms with Gasteiger partial charge in [-0.3, -0.25) is 15.2 Å². The average molecular weight is 422 g/mol. The number of H-pyrrole nitrogens is 1. The van der Waals surface area contributed by atoms with Crippen molar-refractivity contribution in [3.8, 4) is 28.6 Å². The van der Waals surface area contributed by atoms with E-state index in [-0.39, 0.29) is 12.6 Å². The smallest absolute Gasteiger partial charge is 0.336 e. The summed E-state index contributed by atoms with van der Waals surface area (Å²) in [7, 11) is 3.10. The van der Waals surface area contributed by atoms with Crippen LogP contribution >= 0.6 is 0 Å². The Labute approximate surface area is 175 Å². The number of methoxy groups -OCH3 is 2. The quantitative estimate of drug-likeness (QED) is 0.435. The van der Waals surface area contributed by atoms with Crippen LogP contribution in [0.15, 0.2) is 57.7 Å². The molecule has 4 rings (SSSR count). The Hall–Kier alpha value is -4.34. The van der Waals surface area contributed by atoms with Crippen molar-refractivity contribution in [3.05, 3.63) is 59.0 Å². The zero-order valence-corrected chi connectivity index (χ0v) is 16.7. The molecule has 2 N–H and O–H groups in total. The lowest BCUT2D eigenvalue weighted by atomic mass is 10.2. The van der Waals surface area contributed by atoms with Crippen LogP contribution in [0.1, 0.15) is 0 Å². The van der Waals surface area contributed by atoms with Crippen molar-refractivity contribution in [2.24, 2.45) is 0 Å². The largest absolute Gasteiger partial charge is 0.497 e. The topological polar surface area (TPSA) is 129 Å². The number of fused-ring (bicyclic) bond motifs is 1. The van der Waals surface area contributed by atoms with Crippen LogP contribution in [0.2, 0.25) is 0 Å². The SMILES string of the molecule is COc1ccc(-c2nc(NC(=O)COc3ccc4ccc(=O)oc4c3)n[nH]2)c(OC)c1. The molecule has 31 heavy (non-hydrogen) atoms. The third-order valence-corrected chi connectivity index (χ3v) is 4.36. The average Bonchev–Trinajstić information content (AvgIpc) is 3.24. The van der Waals surface area contributed by atoms with Crippen molar-refractivity contribution in [2.75, 3.05) is 26.1 Å². The first-order chi connectivity index (χ1) is 15.1. The summed E-state index contributed by atoms with van der Waals surface area (Å²) in [5.74, 6) is 1.61. The van der Waals surface area contributed by atoms with Crippen molar-refractivity contribution in [1.82, 2.24) is 15.2 Å². The van der Waals surface area contributed by atoms with Crippen molar-refractivity contribution in [1.29, 1.82) is 0 Å². The molecule has 1 amide bonds. The number of rotatable bonds is 7. The number of hydrogen-bond donors (Lipinski definition) is 2. The molecule has 0 bridgehead atoms. The van der Waals surface area contributed by atoms with Gasteiger partial charge in [-0.25, -0.2) is 4.79 Å². The Balaban J connectivity index is 1.41. The van der Waals surface area contributed by atoms with Gasteiger partial charge in [-0.15, -0.1) is 5.10 Å². The van der Waals surface area contributed by atoms with Gasteiger partial charge in [0.15, 0.2) is 12.4 Å². The summed E-state index contributed by atoms with van der Waals surface area (Å²) < 4.78 is 21.1. The number of ether oxygens (including phenoxy) is 3. The lowest BCUT2D eigenvalue weighted by Gasteiger charge is -2.08. The Morgan fingerprint density at radius 2 is 1.87 bits per heavy atom. The van der Waals surface area contributed by atoms with E-state index >= 15 is 0 Å². The number of nitrogens with one attached hydrogen (secondary N) is 2. The first-order valence-corrected chi connectivity index (χ1v) is 9.17. The summed E-state index contributed by atoms with van der Waals surface area (Å²) in [6.45, 7) is -0.279. The van der Waals surface area contributed by atoms with E-state index in [1.165, 1.54) is 13.2 Å². The first-order valence-electron chi connectivity index (χ1n) is 9.17. The van der Waals surface area contributed by atoms with Crippen LogP contribution in [0.3, 0.4) is 0 Å². The van der Waals surface area contributed by atoms with Crippen LogP contribution < -0.4 is 25.2 Å². The van der Waals surface area contributed by atoms with Crippen molar-refractivity contribution >= 4 is 22.8 Å². The molecule has 0 saturated heterocycles. The van der Waals surface area contributed by atoms with Gasteiger partial charge in [0.05, 0.1) is 19.8 Å². The molecular weight excluding hydrogens is 404 g/mol. The van der Waals surface area contributed by atoms with Crippen LogP contribution in [0.4, 0.5) is 5.95 Å². The molecule has 0 radical (unpaired) electrons. The molecule has 0 aliphatic rings. The van der Waals surface area contributed by atoms with E-state index in [1.807, 2.05) is 0 Å². The molecule has 10 nitrogen and oxygen atoms in total. The van der Waals surface area contributed by atoms with Gasteiger partial charge in [0.1, 0.15) is 22.8 Å². The maximum atomic E-state index is 12.2. The second kappa shape index (κ2) is 8.57. The number of nitrogens with zero attached hydrogens (tertiary/aromatic N) is 2. The maximum absolute atomic E-state index is 12.2. The summed E-state index contributed by atoms with van der Waals surface area (Å²) >= 11 is 0. The fourth-order valence-electron chi connectivity index (χ4n) is 2.87. The van der Waals surface area contributed by atoms with E-state index in [4.69, 9.17) is 18.6 Å². The zero-order chi connectivity index (χ0) is 21.8. The third-order valence-electron chi connectivity index (χ3n) is 4.36. The molecule has 0 aliphatic carbocycles. The molecule has 0 spiro atoms. The fraction of sp³-hybridized carbons (Fsp3) is 0.143. The third kappa shape index (κ3) is 4.47. The van der Waals surface area contributed by atoms with Crippen LogP contribution in [0.25, 0.3) is 22.4 Å². The number of amides is 1. The van der Waals surface area contributed by atoms with Gasteiger partial charge >= 0.3 is 5.63 Å². The van der Waals surface area contributed by atoms with Crippen LogP contribution in [-0.4, -0.2) is 41.9 Å². The van der Waals surface area contributed by atoms with E-state index in [9.17, 15) is 9.59 Å². The minimum Gasteiger partial charge on any atom is -0.497 e. The van der Waals surface area contributed by atoms with E-state index < -0.39 is 11.5 Å². The molecular formula is C21H18N4O6. The van der Waals surface area contributed by atoms with Gasteiger partial charge in [-0.1, -0.05) is 0 Å². The lowest BCUT2D eigenvalue weighted by molar-refractivity contribution is -0.118. The maximum Gasteiger partial charge on any atom is 0.336 e. The standard InChI is InChI=1S/C21H18N4O6/c1-28-13-6-7-15(17(9-13)29-2)20-23-21(25-24-20)22-18(26)11-30-14-5-3-12-4-8-19(27)31-16(12)10-14/h3-10H,11H2,1-2H3,(H2,22,23,24,25,26). The van der Waals surface area contributed by atoms with Crippen LogP contribution in [0, 0.1) is 0 Å². The lowest BCUT2D eigenvalue weighted by Crippen LogP contribution is -2.20. The van der Waals surface area contributed by atoms with E-state index in [2.05, 4.69) is 20.5 Å². The minimum absolute atomic E-state index is 0.0889. The number of carbonyl (C=O) groups excluding carboxylic acids is 1. The molecule has 0 unspecified atom stereocenters. The summed E-state index contributed by atoms with van der Waals surface area (Å²) in [5.41, 5.74) is 0.568. The molecule has 0 atom stereocenters. The normalized spacial score (nSPS) is 10.6. The molecule has 2 aromatic heterocycles. The molecule has 0 aliphatic heterocycles. The molecule has 158 valence electrons. The second-order valence-corrected chi connectivity index (χ2v) is 6.36. The fourth-order valence-corrected chi connectivity index (χ4v) is 2.87. The molecule has 4 aromatic rings. The number of carbonyl (C=O) groups is 1. The van der Waals surface area contributed by atoms with Crippen LogP contribution in [0.5, 0.6) is 17.2 Å². The summed E-state index contributed by atoms with van der Waals surface area (Å²) in [6.07, 6.45) is 0. The highest BCUT2D eigenvalue weighted by atomic mass is 16.5. The Morgan fingerprint density at radius 3 is 2.68 bits per heavy atom. The highest BCUT2D eigenvalue weighted by Gasteiger charge is 2.14. The monoisotopic (exact) mass is 422 g/mol. The zero-order valence-electron chi connectivity index (χ0n) is 16.7. The summed E-state index contributed by atoms with van der Waals surface area (Å²) in [4.78, 5) is 27.8. The van der Waals surface area contributed by atoms with Gasteiger partial charge in [-0.05, 0) is 30.3 Å². The second-order valence-electron chi connectivity index (χ2n) is 6.36. The Morgan fingerprint density at radius 1 is 1.06 bits per heavy atom. The van der Waals surface area contributed by atoms with Gasteiger partial charge in [-0.2, -0.15) is 4.98 Å². The molecule has 2 aromatic carbocycles. The van der Waals surface area contributed by atoms with Crippen molar-refractivity contribution in [2.45, 2.75) is 0 Å². The number of aromatic nitrogens is 3. The Kier molecular flexibility index (Phi) is 5.52. The Bertz CT molecular complexity index is 1300. The minimum atomic E-state index is -0.462. The van der Waals surface area contributed by atoms with E-state index in [0.29, 0.717) is 34.2 Å². The summed E-state index contributed by atoms with van der Waals surface area (Å²) in [5, 5.41) is 10.1. The van der Waals surface area contributed by atoms with Gasteiger partial charge in [0.25, 0.3) is 5.91 Å². The van der Waals surface area contributed by atoms with Gasteiger partial charge in [0, 0.05) is 23.6 Å². The van der Waals surface area contributed by atoms with Gasteiger partial charge < -0.3 is 18.6 Å². The summed E-state index contributed by atoms with van der Waals surface area (Å²) in [6, 6.07) is 13.2. The highest BCUT2D eigenvalue weighted by molar-refractivity contribution is 5.90. The van der Waals surface area contributed by atoms with Gasteiger partial charge in [0.2, 0.25) is 5.95 Å². The number of benzene rings is 2. The molecule has 2 heterocycles. The predicted octanol–water partition coefficient (Wildman–Crippen LogP) is 2.61. The number of anilines is 1. The molecule has 10 heteroatoms. The molecule has 0 saturated carbocycles. The molecule has 0 fully saturated rings. The highest BCUT2D eigenvalue weighted by Crippen LogP contribution is 2.31. The van der Waals surface area contributed by atoms with Crippen LogP contribution in [-0.2, 0) is 4.79 Å². The predicted molar refractivity (Wildman–Crippen MR) is 112 cm³/mol.